The van der Waals surface area contributed by atoms with E-state index in [2.05, 4.69) is 19.3 Å². The molecule has 0 aliphatic heterocycles. The number of aliphatic hydroxyl groups is 1. The Bertz CT molecular complexity index is 579. The van der Waals surface area contributed by atoms with Crippen LogP contribution in [0, 0.1) is 6.92 Å². The maximum absolute atomic E-state index is 12.0. The van der Waals surface area contributed by atoms with Gasteiger partial charge in [0.1, 0.15) is 0 Å². The van der Waals surface area contributed by atoms with Gasteiger partial charge in [0.25, 0.3) is 0 Å². The van der Waals surface area contributed by atoms with Crippen LogP contribution in [-0.2, 0) is 42.7 Å². The molecule has 2 N–H and O–H groups in total. The summed E-state index contributed by atoms with van der Waals surface area (Å²) < 4.78 is 25.3. The third-order valence-electron chi connectivity index (χ3n) is 4.11. The predicted molar refractivity (Wildman–Crippen MR) is 105 cm³/mol. The number of hydrogen-bond acceptors (Lipinski definition) is 4. The van der Waals surface area contributed by atoms with E-state index in [-0.39, 0.29) is 32.7 Å². The zero-order valence-corrected chi connectivity index (χ0v) is 19.8. The Labute approximate surface area is 184 Å². The number of benzene rings is 1. The van der Waals surface area contributed by atoms with Crippen LogP contribution in [0.4, 0.5) is 5.69 Å². The minimum Gasteiger partial charge on any atom is -0.388 e. The molecular weight excluding hydrogens is 425 g/mol. The average molecular weight is 458 g/mol. The van der Waals surface area contributed by atoms with E-state index < -0.39 is 16.1 Å². The minimum atomic E-state index is -3.41. The van der Waals surface area contributed by atoms with Crippen molar-refractivity contribution < 1.29 is 46.2 Å². The van der Waals surface area contributed by atoms with Gasteiger partial charge in [0.15, 0.2) is 0 Å². The third kappa shape index (κ3) is 9.79. The second-order valence-corrected chi connectivity index (χ2v) is 8.28. The van der Waals surface area contributed by atoms with Crippen LogP contribution in [0.5, 0.6) is 0 Å². The first-order valence-electron chi connectivity index (χ1n) is 9.21. The van der Waals surface area contributed by atoms with Gasteiger partial charge in [-0.15, -0.1) is 0 Å². The van der Waals surface area contributed by atoms with E-state index in [0.29, 0.717) is 12.2 Å². The summed E-state index contributed by atoms with van der Waals surface area (Å²) in [6.07, 6.45) is 8.50. The van der Waals surface area contributed by atoms with Crippen LogP contribution in [0.3, 0.4) is 0 Å². The zero-order valence-electron chi connectivity index (χ0n) is 16.2. The number of unbranched alkanes of at least 4 members (excludes halogenated alkanes) is 5. The normalized spacial score (nSPS) is 12.5. The molecule has 0 aliphatic rings. The van der Waals surface area contributed by atoms with Crippen LogP contribution in [-0.4, -0.2) is 26.3 Å². The predicted octanol–water partition coefficient (Wildman–Crippen LogP) is 3.96. The van der Waals surface area contributed by atoms with Crippen molar-refractivity contribution in [3.63, 3.8) is 0 Å². The van der Waals surface area contributed by atoms with Gasteiger partial charge >= 0.3 is 0 Å². The molecule has 0 heterocycles. The third-order valence-corrected chi connectivity index (χ3v) is 5.11. The van der Waals surface area contributed by atoms with E-state index in [1.165, 1.54) is 10.7 Å². The van der Waals surface area contributed by atoms with Crippen LogP contribution in [0.1, 0.15) is 70.0 Å². The fraction of sp³-hybridized carbons (Fsp3) is 0.632. The fourth-order valence-electron chi connectivity index (χ4n) is 2.65. The van der Waals surface area contributed by atoms with Crippen LogP contribution < -0.4 is 9.84 Å². The van der Waals surface area contributed by atoms with Crippen molar-refractivity contribution in [2.45, 2.75) is 64.4 Å². The number of nitrogens with one attached hydrogen (secondary N) is 1. The molecule has 0 bridgehead atoms. The topological polar surface area (TPSA) is 69.6 Å². The van der Waals surface area contributed by atoms with Crippen LogP contribution in [0.2, 0.25) is 0 Å². The number of sulfonamides is 1. The summed E-state index contributed by atoms with van der Waals surface area (Å²) >= 11 is 0. The summed E-state index contributed by atoms with van der Waals surface area (Å²) in [4.78, 5) is 0. The number of rotatable bonds is 13. The molecule has 7 heteroatoms. The summed E-state index contributed by atoms with van der Waals surface area (Å²) in [6.45, 7) is 6.53. The van der Waals surface area contributed by atoms with E-state index in [9.17, 15) is 13.5 Å². The maximum Gasteiger partial charge on any atom is 0.245 e. The zero-order chi connectivity index (χ0) is 18.7. The first kappa shape index (κ1) is 26.0. The molecule has 1 atom stereocenters. The van der Waals surface area contributed by atoms with E-state index in [4.69, 9.17) is 0 Å². The number of hydrogen-bond donors (Lipinski definition) is 2. The van der Waals surface area contributed by atoms with Gasteiger partial charge in [0.2, 0.25) is 10.0 Å². The molecule has 0 saturated heterocycles. The molecule has 0 saturated carbocycles. The smallest absolute Gasteiger partial charge is 0.245 e. The summed E-state index contributed by atoms with van der Waals surface area (Å²) in [7, 11) is -3.41. The molecule has 1 aromatic rings. The monoisotopic (exact) mass is 458 g/mol. The Balaban J connectivity index is 0.00000625. The van der Waals surface area contributed by atoms with Gasteiger partial charge in [-0.3, -0.25) is 0 Å². The number of nitrogens with zero attached hydrogens (tertiary/aromatic N) is 1. The summed E-state index contributed by atoms with van der Waals surface area (Å²) in [5.41, 5.74) is 4.37. The Morgan fingerprint density at radius 1 is 1.12 bits per heavy atom. The van der Waals surface area contributed by atoms with Crippen molar-refractivity contribution in [3.05, 3.63) is 36.8 Å². The van der Waals surface area contributed by atoms with Crippen LogP contribution in [0.15, 0.2) is 24.3 Å². The Kier molecular flexibility index (Phi) is 14.1. The summed E-state index contributed by atoms with van der Waals surface area (Å²) in [5.74, 6) is 0. The molecule has 1 radical (unpaired) electrons. The van der Waals surface area contributed by atoms with Gasteiger partial charge in [-0.1, -0.05) is 51.2 Å². The SMILES string of the molecule is [CH2-]CCCCCNN(c1ccc(C(O)CCCCC)cc1)S(C)(=O)=O.[Y]. The molecular formula is C19H33N2O3SY-. The number of aliphatic hydroxyl groups excluding tert-OH is 1. The molecule has 5 nitrogen and oxygen atoms in total. The van der Waals surface area contributed by atoms with Crippen molar-refractivity contribution >= 4 is 15.7 Å². The van der Waals surface area contributed by atoms with Gasteiger partial charge in [0, 0.05) is 39.3 Å². The van der Waals surface area contributed by atoms with Crippen molar-refractivity contribution in [1.29, 1.82) is 0 Å². The minimum absolute atomic E-state index is 0. The van der Waals surface area contributed by atoms with Crippen molar-refractivity contribution in [2.75, 3.05) is 17.2 Å². The van der Waals surface area contributed by atoms with Gasteiger partial charge in [-0.05, 0) is 30.5 Å². The molecule has 26 heavy (non-hydrogen) atoms. The standard InChI is InChI=1S/C19H33N2O3S.Y/c1-4-6-8-10-16-20-21(25(3,23)24)18-14-12-17(13-15-18)19(22)11-9-7-5-2;/h12-15,19-20,22H,1,4-11,16H2,2-3H3;/q-1;. The maximum atomic E-state index is 12.0. The molecule has 0 spiro atoms. The molecule has 0 fully saturated rings. The first-order chi connectivity index (χ1) is 11.9. The van der Waals surface area contributed by atoms with Gasteiger partial charge in [-0.2, -0.15) is 6.42 Å². The van der Waals surface area contributed by atoms with E-state index in [0.717, 1.165) is 56.9 Å². The quantitative estimate of drug-likeness (QED) is 0.267. The molecule has 1 rings (SSSR count). The van der Waals surface area contributed by atoms with E-state index in [1.54, 1.807) is 24.3 Å². The number of hydrazine groups is 1. The second kappa shape index (κ2) is 14.1. The Morgan fingerprint density at radius 2 is 1.77 bits per heavy atom. The van der Waals surface area contributed by atoms with E-state index in [1.807, 2.05) is 0 Å². The molecule has 0 amide bonds. The second-order valence-electron chi connectivity index (χ2n) is 6.45. The molecule has 0 aliphatic carbocycles. The van der Waals surface area contributed by atoms with Crippen molar-refractivity contribution in [3.8, 4) is 0 Å². The molecule has 1 unspecified atom stereocenters. The fourth-order valence-corrected chi connectivity index (χ4v) is 3.48. The molecule has 0 aromatic heterocycles. The number of anilines is 1. The van der Waals surface area contributed by atoms with Gasteiger partial charge < -0.3 is 12.0 Å². The van der Waals surface area contributed by atoms with Gasteiger partial charge in [-0.25, -0.2) is 18.3 Å². The summed E-state index contributed by atoms with van der Waals surface area (Å²) in [6, 6.07) is 7.08. The summed E-state index contributed by atoms with van der Waals surface area (Å²) in [5, 5.41) is 10.2. The molecule has 1 aromatic carbocycles. The molecule has 147 valence electrons. The Hall–Kier alpha value is -0.00610. The van der Waals surface area contributed by atoms with Crippen LogP contribution >= 0.6 is 0 Å². The van der Waals surface area contributed by atoms with Crippen LogP contribution in [0.25, 0.3) is 0 Å². The Morgan fingerprint density at radius 3 is 2.31 bits per heavy atom. The first-order valence-corrected chi connectivity index (χ1v) is 11.1. The van der Waals surface area contributed by atoms with Crippen molar-refractivity contribution in [2.24, 2.45) is 0 Å². The van der Waals surface area contributed by atoms with E-state index >= 15 is 0 Å². The van der Waals surface area contributed by atoms with Gasteiger partial charge in [0.05, 0.1) is 18.0 Å². The van der Waals surface area contributed by atoms with Crippen molar-refractivity contribution in [1.82, 2.24) is 5.43 Å². The average Bonchev–Trinajstić information content (AvgIpc) is 2.57. The largest absolute Gasteiger partial charge is 0.388 e.